The van der Waals surface area contributed by atoms with Crippen molar-refractivity contribution in [3.05, 3.63) is 125 Å². The first-order chi connectivity index (χ1) is 21.3. The fourth-order valence-electron chi connectivity index (χ4n) is 4.80. The van der Waals surface area contributed by atoms with Crippen molar-refractivity contribution < 1.29 is 23.9 Å². The van der Waals surface area contributed by atoms with E-state index < -0.39 is 12.0 Å². The van der Waals surface area contributed by atoms with Crippen molar-refractivity contribution >= 4 is 40.6 Å². The average Bonchev–Trinajstić information content (AvgIpc) is 3.03. The number of methoxy groups -OCH3 is 1. The van der Waals surface area contributed by atoms with Gasteiger partial charge in [-0.3, -0.25) is 9.59 Å². The second kappa shape index (κ2) is 15.7. The molecule has 0 heterocycles. The number of esters is 1. The summed E-state index contributed by atoms with van der Waals surface area (Å²) in [6, 6.07) is 30.1. The van der Waals surface area contributed by atoms with Gasteiger partial charge in [0.1, 0.15) is 18.4 Å². The molecule has 0 aliphatic carbocycles. The minimum atomic E-state index is -0.729. The Bertz CT molecular complexity index is 1560. The third kappa shape index (κ3) is 8.71. The van der Waals surface area contributed by atoms with Crippen LogP contribution in [0.1, 0.15) is 41.8 Å². The van der Waals surface area contributed by atoms with Crippen LogP contribution in [-0.2, 0) is 20.7 Å². The van der Waals surface area contributed by atoms with Gasteiger partial charge in [0.2, 0.25) is 5.91 Å². The summed E-state index contributed by atoms with van der Waals surface area (Å²) < 4.78 is 11.1. The van der Waals surface area contributed by atoms with Gasteiger partial charge in [0.05, 0.1) is 24.4 Å². The highest BCUT2D eigenvalue weighted by Crippen LogP contribution is 2.27. The first-order valence-electron chi connectivity index (χ1n) is 14.6. The predicted octanol–water partition coefficient (Wildman–Crippen LogP) is 7.23. The molecule has 4 aromatic carbocycles. The Kier molecular flexibility index (Phi) is 11.5. The molecule has 44 heavy (non-hydrogen) atoms. The lowest BCUT2D eigenvalue weighted by Gasteiger charge is -2.25. The van der Waals surface area contributed by atoms with E-state index in [2.05, 4.69) is 5.32 Å². The molecular formula is C36H37ClN2O5. The van der Waals surface area contributed by atoms with E-state index >= 15 is 0 Å². The first-order valence-corrected chi connectivity index (χ1v) is 14.9. The van der Waals surface area contributed by atoms with Gasteiger partial charge in [-0.15, -0.1) is 0 Å². The number of benzene rings is 4. The Morgan fingerprint density at radius 1 is 0.841 bits per heavy atom. The zero-order valence-corrected chi connectivity index (χ0v) is 25.9. The number of nitrogens with one attached hydrogen (secondary N) is 1. The molecule has 0 fully saturated rings. The highest BCUT2D eigenvalue weighted by Gasteiger charge is 2.23. The lowest BCUT2D eigenvalue weighted by atomic mass is 10.00. The maximum absolute atomic E-state index is 13.2. The Morgan fingerprint density at radius 2 is 1.50 bits per heavy atom. The van der Waals surface area contributed by atoms with Crippen LogP contribution in [0.4, 0.5) is 11.4 Å². The van der Waals surface area contributed by atoms with Crippen molar-refractivity contribution in [1.29, 1.82) is 0 Å². The van der Waals surface area contributed by atoms with Crippen LogP contribution in [-0.4, -0.2) is 44.0 Å². The molecule has 0 aliphatic rings. The quantitative estimate of drug-likeness (QED) is 0.119. The van der Waals surface area contributed by atoms with Gasteiger partial charge in [0.15, 0.2) is 5.78 Å². The summed E-state index contributed by atoms with van der Waals surface area (Å²) in [4.78, 5) is 40.6. The van der Waals surface area contributed by atoms with Crippen molar-refractivity contribution in [3.63, 3.8) is 0 Å². The van der Waals surface area contributed by atoms with Crippen LogP contribution in [0.5, 0.6) is 5.75 Å². The zero-order valence-electron chi connectivity index (χ0n) is 25.2. The van der Waals surface area contributed by atoms with E-state index in [0.717, 1.165) is 5.56 Å². The highest BCUT2D eigenvalue weighted by molar-refractivity contribution is 6.33. The van der Waals surface area contributed by atoms with Crippen LogP contribution in [0, 0.1) is 5.92 Å². The smallest absolute Gasteiger partial charge is 0.328 e. The van der Waals surface area contributed by atoms with Gasteiger partial charge in [-0.05, 0) is 47.9 Å². The SMILES string of the molecule is COC(=O)[C@H](Cc1ccc(OCCN(C(=O)CC(C)C)c2ccccc2Cl)cc1)Nc1ccccc1C(=O)c1ccccc1. The van der Waals surface area contributed by atoms with E-state index in [-0.39, 0.29) is 24.2 Å². The minimum absolute atomic E-state index is 0.0135. The topological polar surface area (TPSA) is 84.9 Å². The number of hydrogen-bond acceptors (Lipinski definition) is 6. The number of nitrogens with zero attached hydrogens (tertiary/aromatic N) is 1. The number of carbonyl (C=O) groups excluding carboxylic acids is 3. The third-order valence-corrected chi connectivity index (χ3v) is 7.32. The summed E-state index contributed by atoms with van der Waals surface area (Å²) >= 11 is 6.40. The van der Waals surface area contributed by atoms with Crippen molar-refractivity contribution in [2.24, 2.45) is 5.92 Å². The molecule has 7 nitrogen and oxygen atoms in total. The molecule has 0 bridgehead atoms. The van der Waals surface area contributed by atoms with Gasteiger partial charge in [0.25, 0.3) is 0 Å². The molecule has 0 aliphatic heterocycles. The maximum Gasteiger partial charge on any atom is 0.328 e. The molecule has 0 saturated heterocycles. The molecule has 0 unspecified atom stereocenters. The van der Waals surface area contributed by atoms with Crippen LogP contribution in [0.2, 0.25) is 5.02 Å². The first kappa shape index (κ1) is 32.3. The van der Waals surface area contributed by atoms with Gasteiger partial charge in [-0.1, -0.05) is 92.2 Å². The molecule has 1 atom stereocenters. The molecule has 8 heteroatoms. The second-order valence-corrected chi connectivity index (χ2v) is 11.2. The second-order valence-electron chi connectivity index (χ2n) is 10.8. The standard InChI is InChI=1S/C36H37ClN2O5/c1-25(2)23-34(40)39(33-16-10-8-14-30(33)37)21-22-44-28-19-17-26(18-20-28)24-32(36(42)43-3)38-31-15-9-7-13-29(31)35(41)27-11-5-4-6-12-27/h4-20,25,32,38H,21-24H2,1-3H3/t32-/m0/s1. The summed E-state index contributed by atoms with van der Waals surface area (Å²) in [5.74, 6) is 0.240. The Morgan fingerprint density at radius 3 is 2.18 bits per heavy atom. The van der Waals surface area contributed by atoms with Crippen molar-refractivity contribution in [1.82, 2.24) is 0 Å². The minimum Gasteiger partial charge on any atom is -0.492 e. The van der Waals surface area contributed by atoms with Crippen LogP contribution < -0.4 is 15.0 Å². The van der Waals surface area contributed by atoms with Gasteiger partial charge in [0, 0.05) is 29.7 Å². The monoisotopic (exact) mass is 612 g/mol. The van der Waals surface area contributed by atoms with E-state index in [4.69, 9.17) is 21.1 Å². The zero-order chi connectivity index (χ0) is 31.5. The fraction of sp³-hybridized carbons (Fsp3) is 0.250. The summed E-state index contributed by atoms with van der Waals surface area (Å²) in [5, 5.41) is 3.74. The van der Waals surface area contributed by atoms with E-state index in [9.17, 15) is 14.4 Å². The molecule has 0 radical (unpaired) electrons. The molecule has 1 N–H and O–H groups in total. The maximum atomic E-state index is 13.2. The largest absolute Gasteiger partial charge is 0.492 e. The van der Waals surface area contributed by atoms with Gasteiger partial charge in [-0.25, -0.2) is 4.79 Å². The van der Waals surface area contributed by atoms with Crippen LogP contribution >= 0.6 is 11.6 Å². The third-order valence-electron chi connectivity index (χ3n) is 7.00. The number of ketones is 1. The molecule has 0 aromatic heterocycles. The Balaban J connectivity index is 1.42. The predicted molar refractivity (Wildman–Crippen MR) is 175 cm³/mol. The lowest BCUT2D eigenvalue weighted by molar-refractivity contribution is -0.141. The summed E-state index contributed by atoms with van der Waals surface area (Å²) in [6.07, 6.45) is 0.727. The molecule has 4 aromatic rings. The van der Waals surface area contributed by atoms with Crippen molar-refractivity contribution in [2.75, 3.05) is 30.5 Å². The lowest BCUT2D eigenvalue weighted by Crippen LogP contribution is -2.35. The number of ether oxygens (including phenoxy) is 2. The van der Waals surface area contributed by atoms with E-state index in [1.165, 1.54) is 7.11 Å². The molecule has 1 amide bonds. The Labute approximate surface area is 263 Å². The van der Waals surface area contributed by atoms with Crippen LogP contribution in [0.3, 0.4) is 0 Å². The van der Waals surface area contributed by atoms with Crippen molar-refractivity contribution in [3.8, 4) is 5.75 Å². The molecule has 4 rings (SSSR count). The van der Waals surface area contributed by atoms with Crippen molar-refractivity contribution in [2.45, 2.75) is 32.7 Å². The number of para-hydroxylation sites is 2. The van der Waals surface area contributed by atoms with Gasteiger partial charge in [-0.2, -0.15) is 0 Å². The number of carbonyl (C=O) groups is 3. The van der Waals surface area contributed by atoms with Gasteiger partial charge >= 0.3 is 5.97 Å². The molecule has 0 spiro atoms. The fourth-order valence-corrected chi connectivity index (χ4v) is 5.03. The normalized spacial score (nSPS) is 11.5. The number of halogens is 1. The molecular weight excluding hydrogens is 576 g/mol. The van der Waals surface area contributed by atoms with E-state index in [1.54, 1.807) is 41.3 Å². The van der Waals surface area contributed by atoms with Gasteiger partial charge < -0.3 is 19.7 Å². The summed E-state index contributed by atoms with van der Waals surface area (Å²) in [7, 11) is 1.34. The van der Waals surface area contributed by atoms with E-state index in [0.29, 0.717) is 52.7 Å². The Hall–Kier alpha value is -4.62. The molecule has 228 valence electrons. The summed E-state index contributed by atoms with van der Waals surface area (Å²) in [6.45, 7) is 4.62. The highest BCUT2D eigenvalue weighted by atomic mass is 35.5. The van der Waals surface area contributed by atoms with E-state index in [1.807, 2.05) is 80.6 Å². The summed E-state index contributed by atoms with van der Waals surface area (Å²) in [5.41, 5.74) is 3.11. The van der Waals surface area contributed by atoms with Crippen LogP contribution in [0.15, 0.2) is 103 Å². The average molecular weight is 613 g/mol. The number of hydrogen-bond donors (Lipinski definition) is 1. The van der Waals surface area contributed by atoms with Crippen LogP contribution in [0.25, 0.3) is 0 Å². The number of rotatable bonds is 14. The number of amides is 1. The molecule has 0 saturated carbocycles. The number of anilines is 2.